The predicted octanol–water partition coefficient (Wildman–Crippen LogP) is 2.11. The van der Waals surface area contributed by atoms with Crippen LogP contribution in [0, 0.1) is 0 Å². The highest BCUT2D eigenvalue weighted by molar-refractivity contribution is 7.09. The number of aromatic nitrogens is 2. The Balaban J connectivity index is 2.04. The van der Waals surface area contributed by atoms with Crippen molar-refractivity contribution in [3.63, 3.8) is 0 Å². The van der Waals surface area contributed by atoms with Crippen LogP contribution in [0.25, 0.3) is 0 Å². The number of H-pyrrole nitrogens is 1. The van der Waals surface area contributed by atoms with Crippen LogP contribution in [0.3, 0.4) is 0 Å². The van der Waals surface area contributed by atoms with Gasteiger partial charge in [0.2, 0.25) is 5.95 Å². The van der Waals surface area contributed by atoms with Crippen LogP contribution in [0.15, 0.2) is 29.9 Å². The van der Waals surface area contributed by atoms with Crippen LogP contribution in [0.2, 0.25) is 0 Å². The van der Waals surface area contributed by atoms with E-state index in [9.17, 15) is 0 Å². The highest BCUT2D eigenvalue weighted by atomic mass is 32.1. The summed E-state index contributed by atoms with van der Waals surface area (Å²) in [7, 11) is 2.03. The van der Waals surface area contributed by atoms with Gasteiger partial charge < -0.3 is 9.88 Å². The largest absolute Gasteiger partial charge is 0.340 e. The van der Waals surface area contributed by atoms with E-state index in [4.69, 9.17) is 0 Å². The first-order chi connectivity index (χ1) is 6.36. The van der Waals surface area contributed by atoms with Gasteiger partial charge in [0.05, 0.1) is 6.54 Å². The molecule has 0 fully saturated rings. The Morgan fingerprint density at radius 2 is 2.54 bits per heavy atom. The SMILES string of the molecule is CN(Cc1cccs1)c1ncc[nH]1. The maximum atomic E-state index is 4.17. The number of nitrogens with one attached hydrogen (secondary N) is 1. The van der Waals surface area contributed by atoms with E-state index in [0.29, 0.717) is 0 Å². The molecule has 0 aliphatic carbocycles. The van der Waals surface area contributed by atoms with Gasteiger partial charge in [-0.2, -0.15) is 0 Å². The Hall–Kier alpha value is -1.29. The minimum absolute atomic E-state index is 0.908. The molecule has 0 bridgehead atoms. The van der Waals surface area contributed by atoms with Crippen LogP contribution in [-0.4, -0.2) is 17.0 Å². The summed E-state index contributed by atoms with van der Waals surface area (Å²) in [5, 5.41) is 2.09. The number of hydrogen-bond donors (Lipinski definition) is 1. The van der Waals surface area contributed by atoms with E-state index in [0.717, 1.165) is 12.5 Å². The summed E-state index contributed by atoms with van der Waals surface area (Å²) in [4.78, 5) is 10.7. The lowest BCUT2D eigenvalue weighted by Gasteiger charge is -2.13. The molecule has 0 radical (unpaired) electrons. The zero-order chi connectivity index (χ0) is 9.10. The highest BCUT2D eigenvalue weighted by Crippen LogP contribution is 2.13. The number of imidazole rings is 1. The van der Waals surface area contributed by atoms with Gasteiger partial charge in [-0.1, -0.05) is 6.07 Å². The summed E-state index contributed by atoms with van der Waals surface area (Å²) in [5.74, 6) is 0.911. The summed E-state index contributed by atoms with van der Waals surface area (Å²) in [5.41, 5.74) is 0. The second-order valence-electron chi connectivity index (χ2n) is 2.85. The first-order valence-corrected chi connectivity index (χ1v) is 4.97. The molecule has 0 aliphatic rings. The molecular weight excluding hydrogens is 182 g/mol. The average molecular weight is 193 g/mol. The summed E-state index contributed by atoms with van der Waals surface area (Å²) >= 11 is 1.77. The minimum atomic E-state index is 0.908. The second kappa shape index (κ2) is 3.62. The fourth-order valence-corrected chi connectivity index (χ4v) is 1.93. The van der Waals surface area contributed by atoms with Crippen molar-refractivity contribution < 1.29 is 0 Å². The van der Waals surface area contributed by atoms with Gasteiger partial charge in [0, 0.05) is 24.3 Å². The van der Waals surface area contributed by atoms with Crippen molar-refractivity contribution in [2.24, 2.45) is 0 Å². The fraction of sp³-hybridized carbons (Fsp3) is 0.222. The van der Waals surface area contributed by atoms with Crippen LogP contribution in [-0.2, 0) is 6.54 Å². The van der Waals surface area contributed by atoms with Gasteiger partial charge in [0.25, 0.3) is 0 Å². The third-order valence-electron chi connectivity index (χ3n) is 1.82. The molecule has 2 aromatic rings. The first-order valence-electron chi connectivity index (χ1n) is 4.09. The molecule has 0 unspecified atom stereocenters. The Kier molecular flexibility index (Phi) is 2.31. The topological polar surface area (TPSA) is 31.9 Å². The van der Waals surface area contributed by atoms with E-state index < -0.39 is 0 Å². The molecule has 2 heterocycles. The standard InChI is InChI=1S/C9H11N3S/c1-12(9-10-4-5-11-9)7-8-3-2-6-13-8/h2-6H,7H2,1H3,(H,10,11). The maximum Gasteiger partial charge on any atom is 0.202 e. The molecule has 0 saturated carbocycles. The van der Waals surface area contributed by atoms with Gasteiger partial charge in [-0.15, -0.1) is 11.3 Å². The third-order valence-corrected chi connectivity index (χ3v) is 2.68. The van der Waals surface area contributed by atoms with Crippen LogP contribution in [0.1, 0.15) is 4.88 Å². The van der Waals surface area contributed by atoms with E-state index in [1.54, 1.807) is 17.5 Å². The summed E-state index contributed by atoms with van der Waals surface area (Å²) in [6, 6.07) is 4.19. The van der Waals surface area contributed by atoms with E-state index in [1.807, 2.05) is 13.2 Å². The quantitative estimate of drug-likeness (QED) is 0.809. The van der Waals surface area contributed by atoms with Gasteiger partial charge in [0.1, 0.15) is 0 Å². The molecule has 2 aromatic heterocycles. The maximum absolute atomic E-state index is 4.17. The molecule has 1 N–H and O–H groups in total. The van der Waals surface area contributed by atoms with Gasteiger partial charge >= 0.3 is 0 Å². The molecule has 0 saturated heterocycles. The second-order valence-corrected chi connectivity index (χ2v) is 3.88. The highest BCUT2D eigenvalue weighted by Gasteiger charge is 2.03. The van der Waals surface area contributed by atoms with Crippen LogP contribution < -0.4 is 4.90 Å². The average Bonchev–Trinajstić information content (AvgIpc) is 2.74. The Bertz CT molecular complexity index is 339. The molecule has 0 amide bonds. The first kappa shape index (κ1) is 8.31. The summed E-state index contributed by atoms with van der Waals surface area (Å²) < 4.78 is 0. The van der Waals surface area contributed by atoms with Crippen LogP contribution >= 0.6 is 11.3 Å². The van der Waals surface area contributed by atoms with Crippen molar-refractivity contribution in [1.82, 2.24) is 9.97 Å². The molecule has 4 heteroatoms. The normalized spacial score (nSPS) is 10.2. The Morgan fingerprint density at radius 3 is 3.15 bits per heavy atom. The summed E-state index contributed by atoms with van der Waals surface area (Å²) in [6.07, 6.45) is 3.60. The number of rotatable bonds is 3. The molecular formula is C9H11N3S. The van der Waals surface area contributed by atoms with Crippen molar-refractivity contribution in [2.45, 2.75) is 6.54 Å². The lowest BCUT2D eigenvalue weighted by atomic mass is 10.4. The molecule has 0 atom stereocenters. The lowest BCUT2D eigenvalue weighted by Crippen LogP contribution is -2.16. The Labute approximate surface area is 81.0 Å². The number of nitrogens with zero attached hydrogens (tertiary/aromatic N) is 2. The van der Waals surface area contributed by atoms with Crippen molar-refractivity contribution >= 4 is 17.3 Å². The van der Waals surface area contributed by atoms with E-state index in [1.165, 1.54) is 4.88 Å². The van der Waals surface area contributed by atoms with Crippen LogP contribution in [0.4, 0.5) is 5.95 Å². The van der Waals surface area contributed by atoms with Gasteiger partial charge in [0.15, 0.2) is 0 Å². The minimum Gasteiger partial charge on any atom is -0.340 e. The van der Waals surface area contributed by atoms with Gasteiger partial charge in [-0.3, -0.25) is 0 Å². The van der Waals surface area contributed by atoms with E-state index >= 15 is 0 Å². The van der Waals surface area contributed by atoms with E-state index in [-0.39, 0.29) is 0 Å². The summed E-state index contributed by atoms with van der Waals surface area (Å²) in [6.45, 7) is 0.908. The van der Waals surface area contributed by atoms with Crippen molar-refractivity contribution in [2.75, 3.05) is 11.9 Å². The van der Waals surface area contributed by atoms with Crippen molar-refractivity contribution in [3.05, 3.63) is 34.8 Å². The van der Waals surface area contributed by atoms with Crippen molar-refractivity contribution in [3.8, 4) is 0 Å². The molecule has 0 spiro atoms. The third kappa shape index (κ3) is 1.89. The number of anilines is 1. The predicted molar refractivity (Wildman–Crippen MR) is 55.0 cm³/mol. The van der Waals surface area contributed by atoms with Gasteiger partial charge in [-0.25, -0.2) is 4.98 Å². The molecule has 0 aliphatic heterocycles. The molecule has 2 rings (SSSR count). The zero-order valence-electron chi connectivity index (χ0n) is 7.40. The smallest absolute Gasteiger partial charge is 0.202 e. The van der Waals surface area contributed by atoms with Crippen molar-refractivity contribution in [1.29, 1.82) is 0 Å². The van der Waals surface area contributed by atoms with E-state index in [2.05, 4.69) is 32.4 Å². The number of thiophene rings is 1. The van der Waals surface area contributed by atoms with Gasteiger partial charge in [-0.05, 0) is 11.4 Å². The number of hydrogen-bond acceptors (Lipinski definition) is 3. The molecule has 13 heavy (non-hydrogen) atoms. The lowest BCUT2D eigenvalue weighted by molar-refractivity contribution is 0.895. The number of aromatic amines is 1. The molecule has 3 nitrogen and oxygen atoms in total. The fourth-order valence-electron chi connectivity index (χ4n) is 1.18. The molecule has 68 valence electrons. The Morgan fingerprint density at radius 1 is 1.62 bits per heavy atom. The molecule has 0 aromatic carbocycles. The van der Waals surface area contributed by atoms with Crippen LogP contribution in [0.5, 0.6) is 0 Å². The zero-order valence-corrected chi connectivity index (χ0v) is 8.21. The monoisotopic (exact) mass is 193 g/mol.